The van der Waals surface area contributed by atoms with Crippen molar-refractivity contribution in [1.82, 2.24) is 14.6 Å². The average Bonchev–Trinajstić information content (AvgIpc) is 4.03. The molecule has 0 aliphatic carbocycles. The molecule has 0 bridgehead atoms. The molecule has 3 aromatic heterocycles. The first-order chi connectivity index (χ1) is 33.7. The van der Waals surface area contributed by atoms with Gasteiger partial charge in [-0.2, -0.15) is 0 Å². The molecule has 14 aromatic rings. The van der Waals surface area contributed by atoms with Crippen molar-refractivity contribution in [2.75, 3.05) is 0 Å². The summed E-state index contributed by atoms with van der Waals surface area (Å²) in [5.74, 6) is 0.806. The first kappa shape index (κ1) is 38.2. The molecule has 0 N–H and O–H groups in total. The van der Waals surface area contributed by atoms with E-state index in [9.17, 15) is 0 Å². The Morgan fingerprint density at radius 3 is 1.44 bits per heavy atom. The number of hydrogen-bond donors (Lipinski definition) is 0. The van der Waals surface area contributed by atoms with Crippen LogP contribution in [0.4, 0.5) is 0 Å². The van der Waals surface area contributed by atoms with Crippen LogP contribution in [0.1, 0.15) is 0 Å². The van der Waals surface area contributed by atoms with Crippen LogP contribution in [0.15, 0.2) is 241 Å². The molecule has 316 valence electrons. The quantitative estimate of drug-likeness (QED) is 0.156. The molecule has 68 heavy (non-hydrogen) atoms. The lowest BCUT2D eigenvalue weighted by molar-refractivity contribution is 0.670. The lowest BCUT2D eigenvalue weighted by Gasteiger charge is -2.11. The van der Waals surface area contributed by atoms with Crippen molar-refractivity contribution in [2.24, 2.45) is 0 Å². The summed E-state index contributed by atoms with van der Waals surface area (Å²) in [6, 6.07) is 85.0. The van der Waals surface area contributed by atoms with Gasteiger partial charge >= 0.3 is 0 Å². The molecule has 0 aliphatic heterocycles. The van der Waals surface area contributed by atoms with Gasteiger partial charge in [0.25, 0.3) is 0 Å². The van der Waals surface area contributed by atoms with Crippen molar-refractivity contribution < 1.29 is 4.42 Å². The van der Waals surface area contributed by atoms with Crippen LogP contribution in [-0.4, -0.2) is 14.6 Å². The van der Waals surface area contributed by atoms with Crippen molar-refractivity contribution in [2.45, 2.75) is 0 Å². The summed E-state index contributed by atoms with van der Waals surface area (Å²) in [5.41, 5.74) is 16.1. The van der Waals surface area contributed by atoms with Gasteiger partial charge in [0.2, 0.25) is 0 Å². The highest BCUT2D eigenvalue weighted by Crippen LogP contribution is 2.43. The summed E-state index contributed by atoms with van der Waals surface area (Å²) in [4.78, 5) is 0. The molecule has 0 aliphatic rings. The van der Waals surface area contributed by atoms with E-state index >= 15 is 0 Å². The zero-order valence-electron chi connectivity index (χ0n) is 36.8. The van der Waals surface area contributed by atoms with Crippen LogP contribution in [0.5, 0.6) is 0 Å². The normalized spacial score (nSPS) is 11.8. The van der Waals surface area contributed by atoms with E-state index in [1.165, 1.54) is 54.6 Å². The molecule has 4 heteroatoms. The van der Waals surface area contributed by atoms with Crippen LogP contribution >= 0.6 is 0 Å². The Bertz CT molecular complexity index is 4280. The third-order valence-electron chi connectivity index (χ3n) is 13.9. The van der Waals surface area contributed by atoms with Gasteiger partial charge < -0.3 is 4.42 Å². The molecule has 0 saturated heterocycles. The van der Waals surface area contributed by atoms with E-state index in [-0.39, 0.29) is 0 Å². The van der Waals surface area contributed by atoms with Gasteiger partial charge in [0, 0.05) is 32.7 Å². The summed E-state index contributed by atoms with van der Waals surface area (Å²) in [6.07, 6.45) is 0. The van der Waals surface area contributed by atoms with E-state index in [4.69, 9.17) is 14.6 Å². The zero-order valence-corrected chi connectivity index (χ0v) is 36.8. The highest BCUT2D eigenvalue weighted by Gasteiger charge is 2.19. The Morgan fingerprint density at radius 1 is 0.294 bits per heavy atom. The van der Waals surface area contributed by atoms with Gasteiger partial charge in [-0.15, -0.1) is 10.2 Å². The second-order valence-electron chi connectivity index (χ2n) is 17.7. The van der Waals surface area contributed by atoms with Gasteiger partial charge in [0.1, 0.15) is 11.2 Å². The maximum absolute atomic E-state index is 6.88. The minimum absolute atomic E-state index is 0.806. The first-order valence-corrected chi connectivity index (χ1v) is 23.1. The van der Waals surface area contributed by atoms with Crippen LogP contribution in [0.3, 0.4) is 0 Å². The third kappa shape index (κ3) is 6.08. The second-order valence-corrected chi connectivity index (χ2v) is 17.7. The number of benzene rings is 11. The summed E-state index contributed by atoms with van der Waals surface area (Å²) in [5, 5.41) is 20.1. The van der Waals surface area contributed by atoms with Crippen LogP contribution in [0, 0.1) is 0 Å². The lowest BCUT2D eigenvalue weighted by atomic mass is 9.93. The maximum atomic E-state index is 6.88. The summed E-state index contributed by atoms with van der Waals surface area (Å²) >= 11 is 0. The highest BCUT2D eigenvalue weighted by molar-refractivity contribution is 6.14. The fourth-order valence-electron chi connectivity index (χ4n) is 10.6. The molecule has 0 saturated carbocycles. The average molecular weight is 866 g/mol. The molecule has 0 atom stereocenters. The van der Waals surface area contributed by atoms with Gasteiger partial charge in [-0.25, -0.2) is 0 Å². The fraction of sp³-hybridized carbons (Fsp3) is 0. The van der Waals surface area contributed by atoms with Gasteiger partial charge in [-0.3, -0.25) is 4.40 Å². The SMILES string of the molecule is c1ccc2c(-c3ccc(-c4ccc5oc6c(-c7ccc(-c8nnc9c%10ccccc%10c%10ccccc%10n89)cc7)cc(-c7ccc(-c8cccc9ccccc89)cc7)cc6c5c4)cc3)cccc2c1. The van der Waals surface area contributed by atoms with Gasteiger partial charge in [0.05, 0.1) is 5.52 Å². The molecule has 14 rings (SSSR count). The molecule has 11 aromatic carbocycles. The number of hydrogen-bond acceptors (Lipinski definition) is 3. The van der Waals surface area contributed by atoms with E-state index in [0.29, 0.717) is 0 Å². The van der Waals surface area contributed by atoms with Crippen molar-refractivity contribution in [3.63, 3.8) is 0 Å². The zero-order chi connectivity index (χ0) is 44.7. The number of rotatable bonds is 6. The van der Waals surface area contributed by atoms with Crippen molar-refractivity contribution in [3.05, 3.63) is 237 Å². The van der Waals surface area contributed by atoms with E-state index < -0.39 is 0 Å². The van der Waals surface area contributed by atoms with Crippen LogP contribution in [0.2, 0.25) is 0 Å². The van der Waals surface area contributed by atoms with E-state index in [2.05, 4.69) is 241 Å². The minimum atomic E-state index is 0.806. The largest absolute Gasteiger partial charge is 0.455 e. The van der Waals surface area contributed by atoms with E-state index in [1.807, 2.05) is 0 Å². The molecule has 0 amide bonds. The number of fused-ring (bicyclic) bond motifs is 11. The Labute approximate surface area is 391 Å². The number of aromatic nitrogens is 3. The predicted molar refractivity (Wildman–Crippen MR) is 283 cm³/mol. The van der Waals surface area contributed by atoms with Gasteiger partial charge in [-0.05, 0) is 107 Å². The molecule has 3 heterocycles. The third-order valence-corrected chi connectivity index (χ3v) is 13.9. The standard InChI is InChI=1S/C64H39N3O/c1-3-15-50-42(11-1)13-9-20-52(50)44-27-23-40(24-28-44)48-35-36-61-58(37-48)59-39-49(41-25-29-45(30-26-41)53-21-10-14-43-12-2-4-16-51(43)53)38-57(62(59)68-61)46-31-33-47(34-32-46)63-65-66-64-56-19-6-5-17-54(56)55-18-7-8-22-60(55)67(63)64/h1-39H. The monoisotopic (exact) mass is 865 g/mol. The Balaban J connectivity index is 0.900. The lowest BCUT2D eigenvalue weighted by Crippen LogP contribution is -1.94. The van der Waals surface area contributed by atoms with E-state index in [1.54, 1.807) is 0 Å². The number of para-hydroxylation sites is 1. The smallest absolute Gasteiger partial charge is 0.169 e. The summed E-state index contributed by atoms with van der Waals surface area (Å²) in [7, 11) is 0. The van der Waals surface area contributed by atoms with Crippen LogP contribution in [0.25, 0.3) is 138 Å². The van der Waals surface area contributed by atoms with Gasteiger partial charge in [-0.1, -0.05) is 206 Å². The molecule has 0 unspecified atom stereocenters. The van der Waals surface area contributed by atoms with Crippen LogP contribution < -0.4 is 0 Å². The summed E-state index contributed by atoms with van der Waals surface area (Å²) < 4.78 is 9.07. The molecular formula is C64H39N3O. The first-order valence-electron chi connectivity index (χ1n) is 23.1. The molecule has 4 nitrogen and oxygen atoms in total. The van der Waals surface area contributed by atoms with E-state index in [0.717, 1.165) is 83.3 Å². The van der Waals surface area contributed by atoms with Crippen molar-refractivity contribution >= 4 is 70.8 Å². The number of nitrogens with zero attached hydrogens (tertiary/aromatic N) is 3. The van der Waals surface area contributed by atoms with Gasteiger partial charge in [0.15, 0.2) is 11.5 Å². The number of pyridine rings is 1. The maximum Gasteiger partial charge on any atom is 0.169 e. The summed E-state index contributed by atoms with van der Waals surface area (Å²) in [6.45, 7) is 0. The second kappa shape index (κ2) is 15.2. The molecular weight excluding hydrogens is 827 g/mol. The molecule has 0 fully saturated rings. The Morgan fingerprint density at radius 2 is 0.779 bits per heavy atom. The topological polar surface area (TPSA) is 43.3 Å². The number of furan rings is 1. The Hall–Kier alpha value is -9.12. The molecule has 0 radical (unpaired) electrons. The Kier molecular flexibility index (Phi) is 8.55. The molecule has 0 spiro atoms. The fourth-order valence-corrected chi connectivity index (χ4v) is 10.6. The minimum Gasteiger partial charge on any atom is -0.455 e. The van der Waals surface area contributed by atoms with Crippen molar-refractivity contribution in [3.8, 4) is 67.0 Å². The van der Waals surface area contributed by atoms with Crippen LogP contribution in [-0.2, 0) is 0 Å². The highest BCUT2D eigenvalue weighted by atomic mass is 16.3. The van der Waals surface area contributed by atoms with Crippen molar-refractivity contribution in [1.29, 1.82) is 0 Å². The predicted octanol–water partition coefficient (Wildman–Crippen LogP) is 17.2.